The minimum Gasteiger partial charge on any atom is -0.445 e. The van der Waals surface area contributed by atoms with Gasteiger partial charge in [0.2, 0.25) is 5.60 Å². The van der Waals surface area contributed by atoms with Gasteiger partial charge in [0, 0.05) is 18.0 Å². The van der Waals surface area contributed by atoms with E-state index < -0.39 is 17.7 Å². The third-order valence-corrected chi connectivity index (χ3v) is 8.85. The van der Waals surface area contributed by atoms with Crippen molar-refractivity contribution in [3.8, 4) is 0 Å². The maximum Gasteiger partial charge on any atom is 0.331 e. The van der Waals surface area contributed by atoms with E-state index in [1.165, 1.54) is 12.2 Å². The van der Waals surface area contributed by atoms with Crippen LogP contribution in [0.4, 0.5) is 0 Å². The van der Waals surface area contributed by atoms with Gasteiger partial charge in [-0.2, -0.15) is 0 Å². The smallest absolute Gasteiger partial charge is 0.331 e. The largest absolute Gasteiger partial charge is 0.445 e. The van der Waals surface area contributed by atoms with Crippen LogP contribution in [0.1, 0.15) is 52.0 Å². The molecule has 0 radical (unpaired) electrons. The van der Waals surface area contributed by atoms with Crippen molar-refractivity contribution in [1.29, 1.82) is 0 Å². The number of hydrogen-bond donors (Lipinski definition) is 2. The Labute approximate surface area is 207 Å². The maximum absolute atomic E-state index is 13.8. The Morgan fingerprint density at radius 2 is 1.89 bits per heavy atom. The van der Waals surface area contributed by atoms with Gasteiger partial charge in [-0.15, -0.1) is 0 Å². The molecule has 5 rings (SSSR count). The van der Waals surface area contributed by atoms with Crippen molar-refractivity contribution >= 4 is 11.9 Å². The van der Waals surface area contributed by atoms with Gasteiger partial charge in [-0.25, -0.2) is 4.79 Å². The summed E-state index contributed by atoms with van der Waals surface area (Å²) < 4.78 is 12.5. The molecule has 4 aliphatic rings. The van der Waals surface area contributed by atoms with Gasteiger partial charge in [0.15, 0.2) is 0 Å². The molecular weight excluding hydrogens is 442 g/mol. The van der Waals surface area contributed by atoms with Crippen LogP contribution in [0.25, 0.3) is 0 Å². The van der Waals surface area contributed by atoms with Crippen LogP contribution >= 0.6 is 0 Å². The Balaban J connectivity index is 1.56. The number of aliphatic hydroxyl groups is 1. The van der Waals surface area contributed by atoms with Gasteiger partial charge in [-0.05, 0) is 49.7 Å². The van der Waals surface area contributed by atoms with E-state index in [1.807, 2.05) is 18.2 Å². The molecule has 3 aliphatic heterocycles. The zero-order chi connectivity index (χ0) is 24.8. The molecule has 0 bridgehead atoms. The predicted octanol–water partition coefficient (Wildman–Crippen LogP) is 3.73. The van der Waals surface area contributed by atoms with E-state index in [-0.39, 0.29) is 41.4 Å². The van der Waals surface area contributed by atoms with Crippen LogP contribution in [0.5, 0.6) is 0 Å². The fourth-order valence-corrected chi connectivity index (χ4v) is 6.74. The lowest BCUT2D eigenvalue weighted by Gasteiger charge is -2.45. The Bertz CT molecular complexity index is 1020. The number of ether oxygens (including phenoxy) is 2. The topological polar surface area (TPSA) is 88.2 Å². The number of nitrogens with one attached hydrogen (secondary N) is 1. The Morgan fingerprint density at radius 1 is 1.11 bits per heavy atom. The van der Waals surface area contributed by atoms with E-state index in [9.17, 15) is 14.7 Å². The monoisotopic (exact) mass is 479 g/mol. The first kappa shape index (κ1) is 24.3. The molecule has 0 aromatic heterocycles. The summed E-state index contributed by atoms with van der Waals surface area (Å²) in [4.78, 5) is 26.9. The molecule has 9 atom stereocenters. The number of fused-ring (bicyclic) bond motifs is 2. The van der Waals surface area contributed by atoms with E-state index in [0.717, 1.165) is 24.8 Å². The highest BCUT2D eigenvalue weighted by molar-refractivity contribution is 5.94. The first-order valence-corrected chi connectivity index (χ1v) is 13.0. The molecule has 6 nitrogen and oxygen atoms in total. The van der Waals surface area contributed by atoms with Crippen LogP contribution in [0.2, 0.25) is 0 Å². The normalized spacial score (nSPS) is 45.1. The molecule has 188 valence electrons. The summed E-state index contributed by atoms with van der Waals surface area (Å²) in [6.07, 6.45) is 10.1. The van der Waals surface area contributed by atoms with E-state index in [4.69, 9.17) is 9.47 Å². The van der Waals surface area contributed by atoms with Gasteiger partial charge in [0.05, 0.1) is 23.7 Å². The number of rotatable bonds is 2. The van der Waals surface area contributed by atoms with Crippen molar-refractivity contribution in [2.75, 3.05) is 0 Å². The number of esters is 1. The lowest BCUT2D eigenvalue weighted by Crippen LogP contribution is -2.61. The highest BCUT2D eigenvalue weighted by atomic mass is 16.6. The summed E-state index contributed by atoms with van der Waals surface area (Å²) in [6, 6.07) is 9.91. The number of epoxide rings is 1. The number of benzene rings is 1. The third-order valence-electron chi connectivity index (χ3n) is 8.85. The van der Waals surface area contributed by atoms with Gasteiger partial charge in [-0.1, -0.05) is 69.2 Å². The van der Waals surface area contributed by atoms with Gasteiger partial charge < -0.3 is 19.9 Å². The number of carbonyl (C=O) groups excluding carboxylic acids is 2. The van der Waals surface area contributed by atoms with Crippen LogP contribution in [-0.2, 0) is 25.5 Å². The standard InChI is InChI=1S/C29H37NO5/c1-18-9-7-13-21(31)15-16-24(32)34-29-22(14-8-10-18)26-28(3,35-26)19(2)25(29)23(30-27(29)33)17-20-11-5-4-6-12-20/h4-6,8,11-12,14-16,18-19,21-23,25-26,31H,7,9-10,13,17H2,1-3H3,(H,30,33)/b14-8+,16-15+/t18?,19-,21?,22-,23-,25-,26?,28+,29+/m0/s1. The van der Waals surface area contributed by atoms with Crippen LogP contribution in [-0.4, -0.2) is 46.4 Å². The van der Waals surface area contributed by atoms with Crippen molar-refractivity contribution in [2.24, 2.45) is 23.7 Å². The van der Waals surface area contributed by atoms with E-state index >= 15 is 0 Å². The lowest BCUT2D eigenvalue weighted by atomic mass is 9.59. The van der Waals surface area contributed by atoms with Crippen molar-refractivity contribution < 1.29 is 24.2 Å². The summed E-state index contributed by atoms with van der Waals surface area (Å²) >= 11 is 0. The van der Waals surface area contributed by atoms with Crippen molar-refractivity contribution in [2.45, 2.75) is 82.3 Å². The SMILES string of the molecule is CC1C/C=C/[C@H]2C3O[C@]3(C)[C@@H](C)[C@H]3[C@H](Cc4ccccc4)NC(=O)[C@]32OC(=O)/C=C/C(O)CCC1. The lowest BCUT2D eigenvalue weighted by molar-refractivity contribution is -0.177. The van der Waals surface area contributed by atoms with Crippen LogP contribution < -0.4 is 5.32 Å². The molecular formula is C29H37NO5. The molecule has 1 amide bonds. The second kappa shape index (κ2) is 9.21. The second-order valence-corrected chi connectivity index (χ2v) is 11.2. The van der Waals surface area contributed by atoms with Crippen molar-refractivity contribution in [3.63, 3.8) is 0 Å². The zero-order valence-electron chi connectivity index (χ0n) is 20.9. The number of hydrogen-bond acceptors (Lipinski definition) is 5. The van der Waals surface area contributed by atoms with Crippen molar-refractivity contribution in [3.05, 3.63) is 60.2 Å². The average Bonchev–Trinajstić information content (AvgIpc) is 3.45. The fourth-order valence-electron chi connectivity index (χ4n) is 6.74. The van der Waals surface area contributed by atoms with E-state index in [0.29, 0.717) is 18.8 Å². The summed E-state index contributed by atoms with van der Waals surface area (Å²) in [6.45, 7) is 6.44. The molecule has 3 unspecified atom stereocenters. The molecule has 1 aromatic carbocycles. The average molecular weight is 480 g/mol. The first-order chi connectivity index (χ1) is 16.8. The van der Waals surface area contributed by atoms with Crippen LogP contribution in [0.15, 0.2) is 54.6 Å². The molecule has 3 fully saturated rings. The fraction of sp³-hybridized carbons (Fsp3) is 0.586. The molecule has 1 spiro atoms. The van der Waals surface area contributed by atoms with Gasteiger partial charge in [0.1, 0.15) is 0 Å². The molecule has 1 aromatic rings. The highest BCUT2D eigenvalue weighted by Gasteiger charge is 2.78. The van der Waals surface area contributed by atoms with E-state index in [1.54, 1.807) is 0 Å². The number of aliphatic hydroxyl groups excluding tert-OH is 1. The molecule has 35 heavy (non-hydrogen) atoms. The van der Waals surface area contributed by atoms with Crippen LogP contribution in [0, 0.1) is 23.7 Å². The number of allylic oxidation sites excluding steroid dienone is 1. The van der Waals surface area contributed by atoms with E-state index in [2.05, 4.69) is 50.4 Å². The second-order valence-electron chi connectivity index (χ2n) is 11.2. The summed E-state index contributed by atoms with van der Waals surface area (Å²) in [7, 11) is 0. The number of carbonyl (C=O) groups is 2. The Hall–Kier alpha value is -2.44. The first-order valence-electron chi connectivity index (χ1n) is 13.0. The summed E-state index contributed by atoms with van der Waals surface area (Å²) in [5.41, 5.74) is -0.586. The minimum absolute atomic E-state index is 0.00462. The van der Waals surface area contributed by atoms with Crippen LogP contribution in [0.3, 0.4) is 0 Å². The summed E-state index contributed by atoms with van der Waals surface area (Å²) in [5.74, 6) is -0.996. The minimum atomic E-state index is -1.35. The zero-order valence-corrected chi connectivity index (χ0v) is 20.9. The molecule has 1 aliphatic carbocycles. The third kappa shape index (κ3) is 4.25. The van der Waals surface area contributed by atoms with Gasteiger partial charge in [-0.3, -0.25) is 4.79 Å². The number of amides is 1. The Kier molecular flexibility index (Phi) is 6.39. The van der Waals surface area contributed by atoms with Crippen molar-refractivity contribution in [1.82, 2.24) is 5.32 Å². The molecule has 6 heteroatoms. The van der Waals surface area contributed by atoms with Gasteiger partial charge >= 0.3 is 5.97 Å². The quantitative estimate of drug-likeness (QED) is 0.383. The molecule has 3 heterocycles. The van der Waals surface area contributed by atoms with Gasteiger partial charge in [0.25, 0.3) is 5.91 Å². The Morgan fingerprint density at radius 3 is 2.66 bits per heavy atom. The molecule has 1 saturated carbocycles. The predicted molar refractivity (Wildman–Crippen MR) is 132 cm³/mol. The molecule has 2 N–H and O–H groups in total. The highest BCUT2D eigenvalue weighted by Crippen LogP contribution is 2.63. The maximum atomic E-state index is 13.8. The summed E-state index contributed by atoms with van der Waals surface area (Å²) in [5, 5.41) is 13.5. The molecule has 2 saturated heterocycles.